The Hall–Kier alpha value is -2.56. The fraction of sp³-hybridized carbons (Fsp3) is 0.250. The first-order valence-electron chi connectivity index (χ1n) is 7.22. The summed E-state index contributed by atoms with van der Waals surface area (Å²) in [5, 5.41) is 7.88. The van der Waals surface area contributed by atoms with E-state index in [1.165, 1.54) is 18.2 Å². The molecule has 2 aromatic heterocycles. The molecule has 1 aromatic carbocycles. The number of nitrogens with one attached hydrogen (secondary N) is 3. The van der Waals surface area contributed by atoms with Crippen LogP contribution in [0.1, 0.15) is 18.4 Å². The standard InChI is InChI=1S/C16H17N5/c1-10-9-18-16(21-15(10)19-12-2-3-12)20-13-4-5-14-11(8-13)6-7-17-14/h4-9,12,17H,2-3H2,1H3,(H2,18,19,20,21). The molecule has 21 heavy (non-hydrogen) atoms. The number of aromatic amines is 1. The number of aryl methyl sites for hydroxylation is 1. The number of hydrogen-bond acceptors (Lipinski definition) is 4. The molecule has 0 aliphatic heterocycles. The van der Waals surface area contributed by atoms with Gasteiger partial charge < -0.3 is 15.6 Å². The van der Waals surface area contributed by atoms with Gasteiger partial charge in [0.2, 0.25) is 5.95 Å². The predicted octanol–water partition coefficient (Wildman–Crippen LogP) is 3.58. The summed E-state index contributed by atoms with van der Waals surface area (Å²) in [4.78, 5) is 12.1. The van der Waals surface area contributed by atoms with Crippen LogP contribution in [0, 0.1) is 6.92 Å². The zero-order valence-electron chi connectivity index (χ0n) is 11.9. The molecule has 5 heteroatoms. The average molecular weight is 279 g/mol. The lowest BCUT2D eigenvalue weighted by Gasteiger charge is -2.10. The summed E-state index contributed by atoms with van der Waals surface area (Å²) in [7, 11) is 0. The van der Waals surface area contributed by atoms with Crippen LogP contribution in [0.4, 0.5) is 17.5 Å². The first kappa shape index (κ1) is 12.2. The number of aromatic nitrogens is 3. The maximum atomic E-state index is 4.57. The molecule has 4 rings (SSSR count). The van der Waals surface area contributed by atoms with Gasteiger partial charge in [-0.25, -0.2) is 4.98 Å². The predicted molar refractivity (Wildman–Crippen MR) is 85.0 cm³/mol. The topological polar surface area (TPSA) is 65.6 Å². The van der Waals surface area contributed by atoms with Crippen molar-refractivity contribution in [3.63, 3.8) is 0 Å². The number of fused-ring (bicyclic) bond motifs is 1. The Morgan fingerprint density at radius 1 is 1.24 bits per heavy atom. The van der Waals surface area contributed by atoms with Crippen LogP contribution in [-0.2, 0) is 0 Å². The van der Waals surface area contributed by atoms with Crippen LogP contribution in [0.5, 0.6) is 0 Å². The van der Waals surface area contributed by atoms with Gasteiger partial charge in [-0.3, -0.25) is 0 Å². The van der Waals surface area contributed by atoms with Gasteiger partial charge in [0.15, 0.2) is 0 Å². The Balaban J connectivity index is 1.60. The van der Waals surface area contributed by atoms with Crippen LogP contribution in [0.2, 0.25) is 0 Å². The van der Waals surface area contributed by atoms with E-state index in [0.29, 0.717) is 12.0 Å². The molecule has 0 unspecified atom stereocenters. The minimum atomic E-state index is 0.586. The van der Waals surface area contributed by atoms with E-state index < -0.39 is 0 Å². The summed E-state index contributed by atoms with van der Waals surface area (Å²) in [6.07, 6.45) is 6.26. The summed E-state index contributed by atoms with van der Waals surface area (Å²) in [6, 6.07) is 8.80. The lowest BCUT2D eigenvalue weighted by Crippen LogP contribution is -2.07. The fourth-order valence-electron chi connectivity index (χ4n) is 2.33. The van der Waals surface area contributed by atoms with Crippen LogP contribution in [0.15, 0.2) is 36.7 Å². The zero-order chi connectivity index (χ0) is 14.2. The van der Waals surface area contributed by atoms with E-state index >= 15 is 0 Å². The van der Waals surface area contributed by atoms with Crippen molar-refractivity contribution in [2.24, 2.45) is 0 Å². The minimum absolute atomic E-state index is 0.586. The molecular weight excluding hydrogens is 262 g/mol. The first-order valence-corrected chi connectivity index (χ1v) is 7.22. The molecule has 0 spiro atoms. The van der Waals surface area contributed by atoms with Crippen molar-refractivity contribution < 1.29 is 0 Å². The lowest BCUT2D eigenvalue weighted by molar-refractivity contribution is 1.06. The Kier molecular flexibility index (Phi) is 2.77. The molecule has 0 bridgehead atoms. The van der Waals surface area contributed by atoms with Crippen molar-refractivity contribution in [1.29, 1.82) is 0 Å². The number of benzene rings is 1. The summed E-state index contributed by atoms with van der Waals surface area (Å²) >= 11 is 0. The first-order chi connectivity index (χ1) is 10.3. The molecule has 2 heterocycles. The maximum absolute atomic E-state index is 4.57. The highest BCUT2D eigenvalue weighted by atomic mass is 15.2. The second-order valence-electron chi connectivity index (χ2n) is 5.55. The zero-order valence-corrected chi connectivity index (χ0v) is 11.9. The van der Waals surface area contributed by atoms with Crippen molar-refractivity contribution in [2.75, 3.05) is 10.6 Å². The van der Waals surface area contributed by atoms with Gasteiger partial charge in [-0.1, -0.05) is 0 Å². The molecular formula is C16H17N5. The highest BCUT2D eigenvalue weighted by molar-refractivity contribution is 5.83. The Morgan fingerprint density at radius 3 is 3.00 bits per heavy atom. The quantitative estimate of drug-likeness (QED) is 0.683. The van der Waals surface area contributed by atoms with Gasteiger partial charge in [-0.05, 0) is 44.0 Å². The van der Waals surface area contributed by atoms with Crippen LogP contribution in [-0.4, -0.2) is 21.0 Å². The van der Waals surface area contributed by atoms with Crippen LogP contribution < -0.4 is 10.6 Å². The monoisotopic (exact) mass is 279 g/mol. The number of nitrogens with zero attached hydrogens (tertiary/aromatic N) is 2. The molecule has 0 saturated heterocycles. The second-order valence-corrected chi connectivity index (χ2v) is 5.55. The molecule has 3 aromatic rings. The maximum Gasteiger partial charge on any atom is 0.229 e. The molecule has 1 saturated carbocycles. The molecule has 1 aliphatic carbocycles. The largest absolute Gasteiger partial charge is 0.367 e. The fourth-order valence-corrected chi connectivity index (χ4v) is 2.33. The van der Waals surface area contributed by atoms with Gasteiger partial charge in [-0.2, -0.15) is 4.98 Å². The third-order valence-corrected chi connectivity index (χ3v) is 3.70. The summed E-state index contributed by atoms with van der Waals surface area (Å²) < 4.78 is 0. The van der Waals surface area contributed by atoms with Gasteiger partial charge in [0, 0.05) is 40.6 Å². The van der Waals surface area contributed by atoms with Crippen LogP contribution in [0.25, 0.3) is 10.9 Å². The van der Waals surface area contributed by atoms with Gasteiger partial charge in [0.05, 0.1) is 0 Å². The van der Waals surface area contributed by atoms with E-state index in [0.717, 1.165) is 22.6 Å². The van der Waals surface area contributed by atoms with Crippen molar-refractivity contribution in [1.82, 2.24) is 15.0 Å². The van der Waals surface area contributed by atoms with Crippen molar-refractivity contribution in [3.05, 3.63) is 42.2 Å². The van der Waals surface area contributed by atoms with Crippen LogP contribution >= 0.6 is 0 Å². The SMILES string of the molecule is Cc1cnc(Nc2ccc3[nH]ccc3c2)nc1NC1CC1. The van der Waals surface area contributed by atoms with E-state index in [2.05, 4.69) is 43.8 Å². The Labute approximate surface area is 122 Å². The Morgan fingerprint density at radius 2 is 2.14 bits per heavy atom. The van der Waals surface area contributed by atoms with E-state index in [9.17, 15) is 0 Å². The highest BCUT2D eigenvalue weighted by Gasteiger charge is 2.22. The summed E-state index contributed by atoms with van der Waals surface area (Å²) in [5.41, 5.74) is 3.19. The van der Waals surface area contributed by atoms with Gasteiger partial charge in [-0.15, -0.1) is 0 Å². The van der Waals surface area contributed by atoms with Crippen LogP contribution in [0.3, 0.4) is 0 Å². The summed E-state index contributed by atoms with van der Waals surface area (Å²) in [6.45, 7) is 2.03. The van der Waals surface area contributed by atoms with Gasteiger partial charge in [0.25, 0.3) is 0 Å². The molecule has 5 nitrogen and oxygen atoms in total. The highest BCUT2D eigenvalue weighted by Crippen LogP contribution is 2.26. The van der Waals surface area contributed by atoms with E-state index in [-0.39, 0.29) is 0 Å². The van der Waals surface area contributed by atoms with E-state index in [1.807, 2.05) is 25.4 Å². The van der Waals surface area contributed by atoms with E-state index in [4.69, 9.17) is 0 Å². The molecule has 1 aliphatic rings. The second kappa shape index (κ2) is 4.77. The average Bonchev–Trinajstić information content (AvgIpc) is 3.17. The van der Waals surface area contributed by atoms with Crippen molar-refractivity contribution in [2.45, 2.75) is 25.8 Å². The molecule has 1 fully saturated rings. The number of hydrogen-bond donors (Lipinski definition) is 3. The number of rotatable bonds is 4. The third kappa shape index (κ3) is 2.54. The minimum Gasteiger partial charge on any atom is -0.367 e. The van der Waals surface area contributed by atoms with E-state index in [1.54, 1.807) is 0 Å². The molecule has 0 amide bonds. The normalized spacial score (nSPS) is 14.3. The summed E-state index contributed by atoms with van der Waals surface area (Å²) in [5.74, 6) is 1.55. The number of anilines is 3. The molecule has 0 radical (unpaired) electrons. The van der Waals surface area contributed by atoms with Gasteiger partial charge >= 0.3 is 0 Å². The third-order valence-electron chi connectivity index (χ3n) is 3.70. The molecule has 106 valence electrons. The number of H-pyrrole nitrogens is 1. The Bertz CT molecular complexity index is 788. The molecule has 0 atom stereocenters. The van der Waals surface area contributed by atoms with Gasteiger partial charge in [0.1, 0.15) is 5.82 Å². The smallest absolute Gasteiger partial charge is 0.229 e. The molecule has 3 N–H and O–H groups in total. The van der Waals surface area contributed by atoms with Crippen molar-refractivity contribution in [3.8, 4) is 0 Å². The lowest BCUT2D eigenvalue weighted by atomic mass is 10.2. The van der Waals surface area contributed by atoms with Crippen molar-refractivity contribution >= 4 is 28.4 Å².